The van der Waals surface area contributed by atoms with Crippen LogP contribution in [0.3, 0.4) is 0 Å². The fourth-order valence-electron chi connectivity index (χ4n) is 1.90. The van der Waals surface area contributed by atoms with Crippen molar-refractivity contribution in [3.05, 3.63) is 34.3 Å². The van der Waals surface area contributed by atoms with Crippen molar-refractivity contribution < 1.29 is 0 Å². The molecule has 17 heavy (non-hydrogen) atoms. The third kappa shape index (κ3) is 4.81. The monoisotopic (exact) mass is 297 g/mol. The normalized spacial score (nSPS) is 14.1. The van der Waals surface area contributed by atoms with Crippen LogP contribution in [0.2, 0.25) is 0 Å². The van der Waals surface area contributed by atoms with Crippen LogP contribution in [0.5, 0.6) is 0 Å². The van der Waals surface area contributed by atoms with Crippen LogP contribution in [-0.4, -0.2) is 12.1 Å². The molecule has 1 nitrogen and oxygen atoms in total. The molecule has 1 aromatic carbocycles. The Morgan fingerprint density at radius 3 is 2.24 bits per heavy atom. The average molecular weight is 298 g/mol. The van der Waals surface area contributed by atoms with E-state index >= 15 is 0 Å². The van der Waals surface area contributed by atoms with Gasteiger partial charge in [0.15, 0.2) is 0 Å². The molecule has 1 rings (SSSR count). The summed E-state index contributed by atoms with van der Waals surface area (Å²) in [6.07, 6.45) is 0. The molecule has 0 saturated heterocycles. The molecule has 0 fully saturated rings. The molecule has 0 spiro atoms. The highest BCUT2D eigenvalue weighted by Crippen LogP contribution is 2.30. The Labute approximate surface area is 114 Å². The second-order valence-electron chi connectivity index (χ2n) is 6.00. The van der Waals surface area contributed by atoms with Crippen molar-refractivity contribution in [1.82, 2.24) is 5.32 Å². The largest absolute Gasteiger partial charge is 0.311 e. The zero-order chi connectivity index (χ0) is 13.1. The fourth-order valence-corrected chi connectivity index (χ4v) is 2.48. The van der Waals surface area contributed by atoms with Gasteiger partial charge in [0.2, 0.25) is 0 Å². The standard InChI is InChI=1S/C15H24BrN/c1-11(2)13(10-17-15(3,4)5)12-8-6-7-9-14(12)16/h6-9,11,13,17H,10H2,1-5H3. The summed E-state index contributed by atoms with van der Waals surface area (Å²) in [7, 11) is 0. The first-order chi connectivity index (χ1) is 7.81. The van der Waals surface area contributed by atoms with Gasteiger partial charge in [0, 0.05) is 16.6 Å². The van der Waals surface area contributed by atoms with E-state index in [0.29, 0.717) is 11.8 Å². The van der Waals surface area contributed by atoms with E-state index in [2.05, 4.69) is 80.1 Å². The van der Waals surface area contributed by atoms with E-state index in [-0.39, 0.29) is 5.54 Å². The number of hydrogen-bond acceptors (Lipinski definition) is 1. The molecule has 1 atom stereocenters. The van der Waals surface area contributed by atoms with Gasteiger partial charge in [-0.05, 0) is 44.2 Å². The molecular formula is C15H24BrN. The van der Waals surface area contributed by atoms with Crippen LogP contribution in [-0.2, 0) is 0 Å². The molecule has 0 radical (unpaired) electrons. The van der Waals surface area contributed by atoms with Gasteiger partial charge in [-0.1, -0.05) is 48.0 Å². The van der Waals surface area contributed by atoms with E-state index in [1.807, 2.05) is 0 Å². The summed E-state index contributed by atoms with van der Waals surface area (Å²) < 4.78 is 1.22. The summed E-state index contributed by atoms with van der Waals surface area (Å²) >= 11 is 3.66. The fraction of sp³-hybridized carbons (Fsp3) is 0.600. The van der Waals surface area contributed by atoms with Crippen molar-refractivity contribution in [2.75, 3.05) is 6.54 Å². The highest BCUT2D eigenvalue weighted by molar-refractivity contribution is 9.10. The molecule has 96 valence electrons. The molecule has 0 heterocycles. The molecule has 0 saturated carbocycles. The van der Waals surface area contributed by atoms with Gasteiger partial charge in [0.1, 0.15) is 0 Å². The summed E-state index contributed by atoms with van der Waals surface area (Å²) in [5.74, 6) is 1.17. The highest BCUT2D eigenvalue weighted by atomic mass is 79.9. The highest BCUT2D eigenvalue weighted by Gasteiger charge is 2.20. The first kappa shape index (κ1) is 14.7. The Bertz CT molecular complexity index is 352. The van der Waals surface area contributed by atoms with Gasteiger partial charge in [-0.2, -0.15) is 0 Å². The summed E-state index contributed by atoms with van der Waals surface area (Å²) in [6, 6.07) is 8.54. The lowest BCUT2D eigenvalue weighted by molar-refractivity contribution is 0.371. The maximum atomic E-state index is 3.66. The van der Waals surface area contributed by atoms with Gasteiger partial charge in [0.05, 0.1) is 0 Å². The van der Waals surface area contributed by atoms with Gasteiger partial charge in [-0.15, -0.1) is 0 Å². The molecule has 1 aromatic rings. The Hall–Kier alpha value is -0.340. The minimum atomic E-state index is 0.175. The summed E-state index contributed by atoms with van der Waals surface area (Å²) in [5, 5.41) is 3.61. The third-order valence-electron chi connectivity index (χ3n) is 2.96. The van der Waals surface area contributed by atoms with Crippen molar-refractivity contribution in [2.24, 2.45) is 5.92 Å². The van der Waals surface area contributed by atoms with Gasteiger partial charge in [0.25, 0.3) is 0 Å². The van der Waals surface area contributed by atoms with E-state index in [1.54, 1.807) is 0 Å². The van der Waals surface area contributed by atoms with E-state index in [0.717, 1.165) is 6.54 Å². The second kappa shape index (κ2) is 6.01. The Balaban J connectivity index is 2.84. The summed E-state index contributed by atoms with van der Waals surface area (Å²) in [5.41, 5.74) is 1.58. The van der Waals surface area contributed by atoms with Gasteiger partial charge < -0.3 is 5.32 Å². The van der Waals surface area contributed by atoms with Crippen LogP contribution in [0.15, 0.2) is 28.7 Å². The van der Waals surface area contributed by atoms with E-state index in [1.165, 1.54) is 10.0 Å². The molecule has 1 unspecified atom stereocenters. The number of rotatable bonds is 4. The lowest BCUT2D eigenvalue weighted by Crippen LogP contribution is -2.39. The third-order valence-corrected chi connectivity index (χ3v) is 3.68. The van der Waals surface area contributed by atoms with Crippen molar-refractivity contribution in [2.45, 2.75) is 46.1 Å². The quantitative estimate of drug-likeness (QED) is 0.858. The minimum Gasteiger partial charge on any atom is -0.311 e. The molecule has 0 aliphatic rings. The van der Waals surface area contributed by atoms with Gasteiger partial charge in [-0.3, -0.25) is 0 Å². The predicted octanol–water partition coefficient (Wildman–Crippen LogP) is 4.58. The predicted molar refractivity (Wildman–Crippen MR) is 79.5 cm³/mol. The second-order valence-corrected chi connectivity index (χ2v) is 6.86. The van der Waals surface area contributed by atoms with Crippen LogP contribution in [0.4, 0.5) is 0 Å². The maximum Gasteiger partial charge on any atom is 0.0210 e. The molecule has 0 aliphatic heterocycles. The number of nitrogens with one attached hydrogen (secondary N) is 1. The van der Waals surface area contributed by atoms with Crippen LogP contribution in [0.25, 0.3) is 0 Å². The first-order valence-corrected chi connectivity index (χ1v) is 7.10. The topological polar surface area (TPSA) is 12.0 Å². The molecule has 2 heteroatoms. The number of hydrogen-bond donors (Lipinski definition) is 1. The molecular weight excluding hydrogens is 274 g/mol. The van der Waals surface area contributed by atoms with Gasteiger partial charge in [-0.25, -0.2) is 0 Å². The van der Waals surface area contributed by atoms with E-state index < -0.39 is 0 Å². The van der Waals surface area contributed by atoms with Crippen molar-refractivity contribution in [1.29, 1.82) is 0 Å². The number of benzene rings is 1. The van der Waals surface area contributed by atoms with E-state index in [4.69, 9.17) is 0 Å². The van der Waals surface area contributed by atoms with Crippen molar-refractivity contribution in [3.8, 4) is 0 Å². The van der Waals surface area contributed by atoms with Crippen LogP contribution in [0, 0.1) is 5.92 Å². The average Bonchev–Trinajstić information content (AvgIpc) is 2.18. The van der Waals surface area contributed by atoms with E-state index in [9.17, 15) is 0 Å². The summed E-state index contributed by atoms with van der Waals surface area (Å²) in [6.45, 7) is 12.2. The zero-order valence-electron chi connectivity index (χ0n) is 11.5. The zero-order valence-corrected chi connectivity index (χ0v) is 13.1. The smallest absolute Gasteiger partial charge is 0.0210 e. The Morgan fingerprint density at radius 1 is 1.18 bits per heavy atom. The lowest BCUT2D eigenvalue weighted by Gasteiger charge is -2.28. The van der Waals surface area contributed by atoms with Crippen LogP contribution in [0.1, 0.15) is 46.1 Å². The Morgan fingerprint density at radius 2 is 1.76 bits per heavy atom. The Kier molecular flexibility index (Phi) is 5.21. The van der Waals surface area contributed by atoms with Gasteiger partial charge >= 0.3 is 0 Å². The van der Waals surface area contributed by atoms with Crippen molar-refractivity contribution >= 4 is 15.9 Å². The minimum absolute atomic E-state index is 0.175. The van der Waals surface area contributed by atoms with Crippen molar-refractivity contribution in [3.63, 3.8) is 0 Å². The molecule has 0 aliphatic carbocycles. The SMILES string of the molecule is CC(C)C(CNC(C)(C)C)c1ccccc1Br. The number of halogens is 1. The lowest BCUT2D eigenvalue weighted by atomic mass is 9.88. The first-order valence-electron chi connectivity index (χ1n) is 6.30. The molecule has 0 bridgehead atoms. The van der Waals surface area contributed by atoms with Crippen LogP contribution < -0.4 is 5.32 Å². The maximum absolute atomic E-state index is 3.66. The molecule has 1 N–H and O–H groups in total. The summed E-state index contributed by atoms with van der Waals surface area (Å²) in [4.78, 5) is 0. The molecule has 0 aromatic heterocycles. The van der Waals surface area contributed by atoms with Crippen LogP contribution >= 0.6 is 15.9 Å². The molecule has 0 amide bonds.